The standard InChI is InChI=1S/C10H9ClN2/c1-3-7-6(2)4-5-8-9(7)10(11)13-12-8/h3-5H,1H2,2H3,(H,12,13). The number of nitrogens with one attached hydrogen (secondary N) is 1. The summed E-state index contributed by atoms with van der Waals surface area (Å²) in [5.74, 6) is 0. The van der Waals surface area contributed by atoms with Crippen LogP contribution < -0.4 is 0 Å². The SMILES string of the molecule is C=Cc1c(C)ccc2[nH]nc(Cl)c12. The molecule has 1 N–H and O–H groups in total. The van der Waals surface area contributed by atoms with Gasteiger partial charge in [0.25, 0.3) is 0 Å². The van der Waals surface area contributed by atoms with Crippen LogP contribution in [0.3, 0.4) is 0 Å². The fourth-order valence-corrected chi connectivity index (χ4v) is 1.71. The number of fused-ring (bicyclic) bond motifs is 1. The first kappa shape index (κ1) is 8.32. The molecular weight excluding hydrogens is 184 g/mol. The monoisotopic (exact) mass is 192 g/mol. The predicted molar refractivity (Wildman–Crippen MR) is 55.9 cm³/mol. The van der Waals surface area contributed by atoms with Gasteiger partial charge in [0.2, 0.25) is 0 Å². The van der Waals surface area contributed by atoms with Crippen molar-refractivity contribution in [1.82, 2.24) is 10.2 Å². The second-order valence-electron chi connectivity index (χ2n) is 2.94. The van der Waals surface area contributed by atoms with Crippen molar-refractivity contribution >= 4 is 28.6 Å². The zero-order valence-electron chi connectivity index (χ0n) is 7.26. The summed E-state index contributed by atoms with van der Waals surface area (Å²) < 4.78 is 0. The van der Waals surface area contributed by atoms with Crippen LogP contribution in [-0.4, -0.2) is 10.2 Å². The van der Waals surface area contributed by atoms with E-state index in [-0.39, 0.29) is 0 Å². The van der Waals surface area contributed by atoms with Gasteiger partial charge in [-0.25, -0.2) is 0 Å². The molecule has 0 saturated heterocycles. The fraction of sp³-hybridized carbons (Fsp3) is 0.100. The van der Waals surface area contributed by atoms with Crippen LogP contribution in [0.1, 0.15) is 11.1 Å². The number of halogens is 1. The van der Waals surface area contributed by atoms with E-state index in [0.717, 1.165) is 22.0 Å². The second-order valence-corrected chi connectivity index (χ2v) is 3.30. The molecule has 0 amide bonds. The Bertz CT molecular complexity index is 471. The molecule has 0 aliphatic heterocycles. The summed E-state index contributed by atoms with van der Waals surface area (Å²) in [6.07, 6.45) is 1.80. The lowest BCUT2D eigenvalue weighted by molar-refractivity contribution is 1.12. The Kier molecular flexibility index (Phi) is 1.85. The van der Waals surface area contributed by atoms with Gasteiger partial charge in [-0.05, 0) is 24.1 Å². The van der Waals surface area contributed by atoms with E-state index in [1.807, 2.05) is 19.1 Å². The Morgan fingerprint density at radius 2 is 2.31 bits per heavy atom. The van der Waals surface area contributed by atoms with Crippen LogP contribution in [0.2, 0.25) is 5.15 Å². The Hall–Kier alpha value is -1.28. The normalized spacial score (nSPS) is 10.6. The van der Waals surface area contributed by atoms with Gasteiger partial charge >= 0.3 is 0 Å². The summed E-state index contributed by atoms with van der Waals surface area (Å²) >= 11 is 5.94. The van der Waals surface area contributed by atoms with Crippen molar-refractivity contribution in [3.63, 3.8) is 0 Å². The summed E-state index contributed by atoms with van der Waals surface area (Å²) in [6.45, 7) is 5.79. The van der Waals surface area contributed by atoms with Gasteiger partial charge in [0.05, 0.1) is 5.52 Å². The summed E-state index contributed by atoms with van der Waals surface area (Å²) in [5, 5.41) is 8.26. The van der Waals surface area contributed by atoms with Gasteiger partial charge in [-0.1, -0.05) is 30.3 Å². The molecule has 0 aliphatic carbocycles. The highest BCUT2D eigenvalue weighted by Gasteiger charge is 2.07. The van der Waals surface area contributed by atoms with Crippen LogP contribution in [0, 0.1) is 6.92 Å². The molecule has 0 atom stereocenters. The fourth-order valence-electron chi connectivity index (χ4n) is 1.47. The van der Waals surface area contributed by atoms with Crippen LogP contribution in [0.5, 0.6) is 0 Å². The number of hydrogen-bond acceptors (Lipinski definition) is 1. The zero-order chi connectivity index (χ0) is 9.42. The maximum Gasteiger partial charge on any atom is 0.159 e. The lowest BCUT2D eigenvalue weighted by atomic mass is 10.0. The Labute approximate surface area is 81.2 Å². The Morgan fingerprint density at radius 3 is 3.00 bits per heavy atom. The van der Waals surface area contributed by atoms with Gasteiger partial charge < -0.3 is 0 Å². The third-order valence-electron chi connectivity index (χ3n) is 2.15. The molecule has 0 unspecified atom stereocenters. The van der Waals surface area contributed by atoms with Crippen LogP contribution in [0.25, 0.3) is 17.0 Å². The summed E-state index contributed by atoms with van der Waals surface area (Å²) in [6, 6.07) is 3.99. The molecule has 0 radical (unpaired) electrons. The molecule has 2 aromatic rings. The van der Waals surface area contributed by atoms with Crippen LogP contribution in [-0.2, 0) is 0 Å². The first-order valence-electron chi connectivity index (χ1n) is 3.99. The van der Waals surface area contributed by atoms with Gasteiger partial charge in [0.15, 0.2) is 5.15 Å². The molecule has 1 aromatic carbocycles. The van der Waals surface area contributed by atoms with Gasteiger partial charge in [-0.15, -0.1) is 0 Å². The van der Waals surface area contributed by atoms with Crippen molar-refractivity contribution in [3.8, 4) is 0 Å². The molecule has 3 heteroatoms. The summed E-state index contributed by atoms with van der Waals surface area (Å²) in [7, 11) is 0. The molecule has 0 saturated carbocycles. The quantitative estimate of drug-likeness (QED) is 0.739. The highest BCUT2D eigenvalue weighted by molar-refractivity contribution is 6.34. The summed E-state index contributed by atoms with van der Waals surface area (Å²) in [4.78, 5) is 0. The number of aromatic nitrogens is 2. The van der Waals surface area contributed by atoms with Crippen LogP contribution in [0.15, 0.2) is 18.7 Å². The van der Waals surface area contributed by atoms with E-state index < -0.39 is 0 Å². The Morgan fingerprint density at radius 1 is 1.54 bits per heavy atom. The molecule has 13 heavy (non-hydrogen) atoms. The number of aromatic amines is 1. The molecule has 0 bridgehead atoms. The van der Waals surface area contributed by atoms with Crippen molar-refractivity contribution in [2.24, 2.45) is 0 Å². The number of benzene rings is 1. The first-order valence-corrected chi connectivity index (χ1v) is 4.37. The highest BCUT2D eigenvalue weighted by Crippen LogP contribution is 2.27. The molecule has 1 heterocycles. The minimum absolute atomic E-state index is 0.508. The highest BCUT2D eigenvalue weighted by atomic mass is 35.5. The number of aryl methyl sites for hydroxylation is 1. The van der Waals surface area contributed by atoms with Gasteiger partial charge in [0.1, 0.15) is 0 Å². The smallest absolute Gasteiger partial charge is 0.159 e. The van der Waals surface area contributed by atoms with E-state index in [1.54, 1.807) is 6.08 Å². The van der Waals surface area contributed by atoms with Crippen molar-refractivity contribution in [3.05, 3.63) is 35.0 Å². The molecule has 1 aromatic heterocycles. The van der Waals surface area contributed by atoms with E-state index in [1.165, 1.54) is 0 Å². The van der Waals surface area contributed by atoms with Crippen molar-refractivity contribution in [2.75, 3.05) is 0 Å². The van der Waals surface area contributed by atoms with Crippen LogP contribution >= 0.6 is 11.6 Å². The maximum atomic E-state index is 5.94. The van der Waals surface area contributed by atoms with Crippen molar-refractivity contribution in [2.45, 2.75) is 6.92 Å². The van der Waals surface area contributed by atoms with Crippen molar-refractivity contribution < 1.29 is 0 Å². The van der Waals surface area contributed by atoms with Crippen molar-refractivity contribution in [1.29, 1.82) is 0 Å². The molecule has 2 nitrogen and oxygen atoms in total. The minimum Gasteiger partial charge on any atom is -0.276 e. The predicted octanol–water partition coefficient (Wildman–Crippen LogP) is 3.17. The molecule has 0 spiro atoms. The van der Waals surface area contributed by atoms with E-state index in [2.05, 4.69) is 16.8 Å². The van der Waals surface area contributed by atoms with E-state index >= 15 is 0 Å². The minimum atomic E-state index is 0.508. The first-order chi connectivity index (χ1) is 6.24. The average molecular weight is 193 g/mol. The van der Waals surface area contributed by atoms with E-state index in [0.29, 0.717) is 5.15 Å². The van der Waals surface area contributed by atoms with E-state index in [9.17, 15) is 0 Å². The van der Waals surface area contributed by atoms with E-state index in [4.69, 9.17) is 11.6 Å². The lowest BCUT2D eigenvalue weighted by Gasteiger charge is -2.00. The summed E-state index contributed by atoms with van der Waals surface area (Å²) in [5.41, 5.74) is 3.16. The zero-order valence-corrected chi connectivity index (χ0v) is 8.02. The number of hydrogen-bond donors (Lipinski definition) is 1. The third-order valence-corrected chi connectivity index (χ3v) is 2.42. The van der Waals surface area contributed by atoms with Gasteiger partial charge in [0, 0.05) is 5.39 Å². The number of H-pyrrole nitrogens is 1. The van der Waals surface area contributed by atoms with Gasteiger partial charge in [-0.2, -0.15) is 5.10 Å². The average Bonchev–Trinajstić information content (AvgIpc) is 2.49. The van der Waals surface area contributed by atoms with Gasteiger partial charge in [-0.3, -0.25) is 5.10 Å². The topological polar surface area (TPSA) is 28.7 Å². The lowest BCUT2D eigenvalue weighted by Crippen LogP contribution is -1.81. The van der Waals surface area contributed by atoms with Crippen LogP contribution in [0.4, 0.5) is 0 Å². The largest absolute Gasteiger partial charge is 0.276 e. The third kappa shape index (κ3) is 1.14. The number of rotatable bonds is 1. The Balaban J connectivity index is 2.96. The molecular formula is C10H9ClN2. The maximum absolute atomic E-state index is 5.94. The molecule has 0 aliphatic rings. The molecule has 2 rings (SSSR count). The number of nitrogens with zero attached hydrogens (tertiary/aromatic N) is 1. The molecule has 0 fully saturated rings. The molecule has 66 valence electrons. The second kappa shape index (κ2) is 2.89.